The Labute approximate surface area is 125 Å². The molecule has 1 N–H and O–H groups in total. The Bertz CT molecular complexity index is 600. The van der Waals surface area contributed by atoms with E-state index in [0.29, 0.717) is 5.75 Å². The molecule has 0 unspecified atom stereocenters. The first-order chi connectivity index (χ1) is 9.75. The second-order valence-electron chi connectivity index (χ2n) is 3.92. The van der Waals surface area contributed by atoms with Gasteiger partial charge in [-0.3, -0.25) is 4.79 Å². The molecule has 2 rings (SSSR count). The maximum Gasteiger partial charge on any atom is 0.277 e. The first-order valence-corrected chi connectivity index (χ1v) is 6.79. The van der Waals surface area contributed by atoms with Gasteiger partial charge in [-0.2, -0.15) is 5.10 Å². The van der Waals surface area contributed by atoms with Gasteiger partial charge >= 0.3 is 0 Å². The highest BCUT2D eigenvalue weighted by atomic mass is 79.9. The topological polar surface area (TPSA) is 50.7 Å². The zero-order valence-corrected chi connectivity index (χ0v) is 12.2. The highest BCUT2D eigenvalue weighted by Crippen LogP contribution is 2.23. The number of benzene rings is 2. The maximum absolute atomic E-state index is 11.6. The van der Waals surface area contributed by atoms with Crippen LogP contribution < -0.4 is 10.2 Å². The smallest absolute Gasteiger partial charge is 0.277 e. The van der Waals surface area contributed by atoms with Gasteiger partial charge in [0.05, 0.1) is 10.7 Å². The van der Waals surface area contributed by atoms with Crippen LogP contribution in [0.2, 0.25) is 0 Å². The van der Waals surface area contributed by atoms with Gasteiger partial charge in [0, 0.05) is 0 Å². The number of hydrazone groups is 1. The van der Waals surface area contributed by atoms with Crippen molar-refractivity contribution < 1.29 is 9.53 Å². The van der Waals surface area contributed by atoms with E-state index in [1.807, 2.05) is 48.5 Å². The Balaban J connectivity index is 1.79. The van der Waals surface area contributed by atoms with Crippen molar-refractivity contribution >= 4 is 28.1 Å². The van der Waals surface area contributed by atoms with Crippen molar-refractivity contribution in [2.45, 2.75) is 0 Å². The van der Waals surface area contributed by atoms with Crippen LogP contribution in [0, 0.1) is 0 Å². The number of ether oxygens (including phenoxy) is 1. The van der Waals surface area contributed by atoms with Crippen LogP contribution >= 0.6 is 15.9 Å². The minimum absolute atomic E-state index is 0.0885. The fourth-order valence-electron chi connectivity index (χ4n) is 1.46. The third kappa shape index (κ3) is 4.51. The highest BCUT2D eigenvalue weighted by molar-refractivity contribution is 9.10. The maximum atomic E-state index is 11.6. The van der Waals surface area contributed by atoms with E-state index in [9.17, 15) is 4.79 Å². The molecule has 0 saturated carbocycles. The number of rotatable bonds is 5. The third-order valence-electron chi connectivity index (χ3n) is 2.40. The number of hydrogen-bond acceptors (Lipinski definition) is 3. The number of nitrogens with zero attached hydrogens (tertiary/aromatic N) is 1. The van der Waals surface area contributed by atoms with Gasteiger partial charge in [-0.05, 0) is 33.6 Å². The van der Waals surface area contributed by atoms with Gasteiger partial charge in [-0.25, -0.2) is 5.43 Å². The fourth-order valence-corrected chi connectivity index (χ4v) is 1.85. The Morgan fingerprint density at radius 1 is 1.15 bits per heavy atom. The van der Waals surface area contributed by atoms with Crippen molar-refractivity contribution in [1.82, 2.24) is 5.43 Å². The Hall–Kier alpha value is -2.14. The summed E-state index contributed by atoms with van der Waals surface area (Å²) in [6.45, 7) is -0.0885. The summed E-state index contributed by atoms with van der Waals surface area (Å²) in [5.41, 5.74) is 3.33. The monoisotopic (exact) mass is 332 g/mol. The Kier molecular flexibility index (Phi) is 5.32. The van der Waals surface area contributed by atoms with Crippen molar-refractivity contribution in [3.05, 3.63) is 64.6 Å². The first-order valence-electron chi connectivity index (χ1n) is 6.00. The molecule has 5 heteroatoms. The van der Waals surface area contributed by atoms with Gasteiger partial charge in [0.25, 0.3) is 5.91 Å². The van der Waals surface area contributed by atoms with Crippen molar-refractivity contribution in [2.75, 3.05) is 6.61 Å². The average molecular weight is 333 g/mol. The lowest BCUT2D eigenvalue weighted by atomic mass is 10.2. The summed E-state index contributed by atoms with van der Waals surface area (Å²) < 4.78 is 6.17. The molecule has 0 aliphatic carbocycles. The molecular weight excluding hydrogens is 320 g/mol. The molecule has 1 amide bonds. The number of para-hydroxylation sites is 1. The number of carbonyl (C=O) groups excluding carboxylic acids is 1. The standard InChI is InChI=1S/C15H13BrN2O2/c16-13-8-4-5-9-14(13)20-11-15(19)18-17-10-12-6-2-1-3-7-12/h1-10H,11H2,(H,18,19). The molecule has 0 aliphatic heterocycles. The highest BCUT2D eigenvalue weighted by Gasteiger charge is 2.03. The SMILES string of the molecule is O=C(COc1ccccc1Br)NN=Cc1ccccc1. The van der Waals surface area contributed by atoms with E-state index in [2.05, 4.69) is 26.5 Å². The van der Waals surface area contributed by atoms with Gasteiger partial charge in [-0.1, -0.05) is 42.5 Å². The summed E-state index contributed by atoms with van der Waals surface area (Å²) in [6, 6.07) is 16.9. The van der Waals surface area contributed by atoms with E-state index in [0.717, 1.165) is 10.0 Å². The second-order valence-corrected chi connectivity index (χ2v) is 4.78. The number of halogens is 1. The summed E-state index contributed by atoms with van der Waals surface area (Å²) in [4.78, 5) is 11.6. The fraction of sp³-hybridized carbons (Fsp3) is 0.0667. The van der Waals surface area contributed by atoms with Crippen LogP contribution in [-0.4, -0.2) is 18.7 Å². The largest absolute Gasteiger partial charge is 0.483 e. The van der Waals surface area contributed by atoms with Gasteiger partial charge in [-0.15, -0.1) is 0 Å². The summed E-state index contributed by atoms with van der Waals surface area (Å²) in [5, 5.41) is 3.86. The van der Waals surface area contributed by atoms with Crippen molar-refractivity contribution in [3.63, 3.8) is 0 Å². The van der Waals surface area contributed by atoms with Gasteiger partial charge in [0.15, 0.2) is 6.61 Å². The van der Waals surface area contributed by atoms with Crippen LogP contribution in [0.4, 0.5) is 0 Å². The Morgan fingerprint density at radius 2 is 1.85 bits per heavy atom. The lowest BCUT2D eigenvalue weighted by molar-refractivity contribution is -0.123. The van der Waals surface area contributed by atoms with Crippen LogP contribution in [-0.2, 0) is 4.79 Å². The number of amides is 1. The second kappa shape index (κ2) is 7.45. The zero-order valence-electron chi connectivity index (χ0n) is 10.6. The van der Waals surface area contributed by atoms with Gasteiger partial charge in [0.2, 0.25) is 0 Å². The number of carbonyl (C=O) groups is 1. The molecule has 2 aromatic rings. The van der Waals surface area contributed by atoms with Crippen LogP contribution in [0.1, 0.15) is 5.56 Å². The molecule has 102 valence electrons. The molecule has 20 heavy (non-hydrogen) atoms. The quantitative estimate of drug-likeness (QED) is 0.676. The van der Waals surface area contributed by atoms with Crippen molar-refractivity contribution in [1.29, 1.82) is 0 Å². The third-order valence-corrected chi connectivity index (χ3v) is 3.05. The van der Waals surface area contributed by atoms with E-state index in [1.165, 1.54) is 0 Å². The van der Waals surface area contributed by atoms with E-state index in [-0.39, 0.29) is 12.5 Å². The molecular formula is C15H13BrN2O2. The molecule has 0 atom stereocenters. The first kappa shape index (κ1) is 14.3. The van der Waals surface area contributed by atoms with Gasteiger partial charge in [0.1, 0.15) is 5.75 Å². The predicted octanol–water partition coefficient (Wildman–Crippen LogP) is 2.98. The Morgan fingerprint density at radius 3 is 2.60 bits per heavy atom. The molecule has 0 aromatic heterocycles. The lowest BCUT2D eigenvalue weighted by Crippen LogP contribution is -2.24. The minimum Gasteiger partial charge on any atom is -0.483 e. The molecule has 0 fully saturated rings. The molecule has 0 bridgehead atoms. The van der Waals surface area contributed by atoms with Crippen molar-refractivity contribution in [2.24, 2.45) is 5.10 Å². The van der Waals surface area contributed by atoms with Crippen LogP contribution in [0.25, 0.3) is 0 Å². The molecule has 0 radical (unpaired) electrons. The summed E-state index contributed by atoms with van der Waals surface area (Å²) in [5.74, 6) is 0.308. The molecule has 0 saturated heterocycles. The molecule has 0 spiro atoms. The van der Waals surface area contributed by atoms with E-state index in [4.69, 9.17) is 4.74 Å². The molecule has 2 aromatic carbocycles. The normalized spacial score (nSPS) is 10.4. The van der Waals surface area contributed by atoms with Crippen LogP contribution in [0.3, 0.4) is 0 Å². The van der Waals surface area contributed by atoms with E-state index >= 15 is 0 Å². The van der Waals surface area contributed by atoms with E-state index < -0.39 is 0 Å². The number of nitrogens with one attached hydrogen (secondary N) is 1. The zero-order chi connectivity index (χ0) is 14.2. The van der Waals surface area contributed by atoms with Crippen molar-refractivity contribution in [3.8, 4) is 5.75 Å². The molecule has 0 heterocycles. The molecule has 0 aliphatic rings. The summed E-state index contributed by atoms with van der Waals surface area (Å²) in [6.07, 6.45) is 1.58. The minimum atomic E-state index is -0.312. The van der Waals surface area contributed by atoms with Crippen LogP contribution in [0.15, 0.2) is 64.2 Å². The van der Waals surface area contributed by atoms with Gasteiger partial charge < -0.3 is 4.74 Å². The summed E-state index contributed by atoms with van der Waals surface area (Å²) >= 11 is 3.34. The average Bonchev–Trinajstić information content (AvgIpc) is 2.47. The summed E-state index contributed by atoms with van der Waals surface area (Å²) in [7, 11) is 0. The van der Waals surface area contributed by atoms with Crippen LogP contribution in [0.5, 0.6) is 5.75 Å². The number of hydrogen-bond donors (Lipinski definition) is 1. The van der Waals surface area contributed by atoms with E-state index in [1.54, 1.807) is 12.3 Å². The molecule has 4 nitrogen and oxygen atoms in total. The predicted molar refractivity (Wildman–Crippen MR) is 81.8 cm³/mol. The lowest BCUT2D eigenvalue weighted by Gasteiger charge is -2.06.